The highest BCUT2D eigenvalue weighted by molar-refractivity contribution is 5.46. The quantitative estimate of drug-likeness (QED) is 0.484. The van der Waals surface area contributed by atoms with Crippen LogP contribution in [0.15, 0.2) is 24.3 Å². The molecule has 0 heterocycles. The predicted octanol–water partition coefficient (Wildman–Crippen LogP) is 8.86. The molecule has 1 aromatic carbocycles. The van der Waals surface area contributed by atoms with E-state index in [0.717, 1.165) is 18.4 Å². The molecule has 1 saturated carbocycles. The number of rotatable bonds is 4. The second kappa shape index (κ2) is 11.4. The van der Waals surface area contributed by atoms with Crippen molar-refractivity contribution in [2.45, 2.75) is 139 Å². The SMILES string of the molecule is CC(C)(C)CC1CCC(NC(C)(C)C)CC1.CC(C)(C)Cc1ccc(NC(C)(C)C)cc1. The predicted molar refractivity (Wildman–Crippen MR) is 146 cm³/mol. The molecule has 1 aliphatic carbocycles. The summed E-state index contributed by atoms with van der Waals surface area (Å²) in [5.41, 5.74) is 3.89. The van der Waals surface area contributed by atoms with Crippen LogP contribution in [0.25, 0.3) is 0 Å². The lowest BCUT2D eigenvalue weighted by atomic mass is 9.76. The van der Waals surface area contributed by atoms with Crippen molar-refractivity contribution < 1.29 is 0 Å². The van der Waals surface area contributed by atoms with E-state index in [-0.39, 0.29) is 11.1 Å². The summed E-state index contributed by atoms with van der Waals surface area (Å²) in [5, 5.41) is 7.21. The number of anilines is 1. The maximum atomic E-state index is 3.74. The smallest absolute Gasteiger partial charge is 0.0344 e. The Bertz CT molecular complexity index is 578. The molecule has 1 aliphatic rings. The molecule has 32 heavy (non-hydrogen) atoms. The third kappa shape index (κ3) is 14.9. The highest BCUT2D eigenvalue weighted by Gasteiger charge is 2.26. The molecule has 1 aromatic rings. The monoisotopic (exact) mass is 444 g/mol. The summed E-state index contributed by atoms with van der Waals surface area (Å²) in [6.45, 7) is 27.3. The van der Waals surface area contributed by atoms with Crippen LogP contribution in [0.5, 0.6) is 0 Å². The fraction of sp³-hybridized carbons (Fsp3) is 0.800. The Kier molecular flexibility index (Phi) is 10.3. The third-order valence-corrected chi connectivity index (χ3v) is 5.59. The van der Waals surface area contributed by atoms with Crippen molar-refractivity contribution >= 4 is 5.69 Å². The molecule has 0 bridgehead atoms. The van der Waals surface area contributed by atoms with E-state index >= 15 is 0 Å². The van der Waals surface area contributed by atoms with Crippen molar-refractivity contribution in [3.63, 3.8) is 0 Å². The van der Waals surface area contributed by atoms with Gasteiger partial charge in [-0.25, -0.2) is 0 Å². The minimum absolute atomic E-state index is 0.130. The maximum Gasteiger partial charge on any atom is 0.0344 e. The van der Waals surface area contributed by atoms with Crippen molar-refractivity contribution in [3.05, 3.63) is 29.8 Å². The summed E-state index contributed by atoms with van der Waals surface area (Å²) in [7, 11) is 0. The lowest BCUT2D eigenvalue weighted by Gasteiger charge is -2.36. The van der Waals surface area contributed by atoms with Crippen LogP contribution >= 0.6 is 0 Å². The van der Waals surface area contributed by atoms with E-state index in [9.17, 15) is 0 Å². The largest absolute Gasteiger partial charge is 0.380 e. The third-order valence-electron chi connectivity index (χ3n) is 5.59. The van der Waals surface area contributed by atoms with E-state index in [0.29, 0.717) is 10.8 Å². The van der Waals surface area contributed by atoms with E-state index in [1.54, 1.807) is 0 Å². The van der Waals surface area contributed by atoms with Gasteiger partial charge in [-0.3, -0.25) is 0 Å². The molecule has 0 aromatic heterocycles. The van der Waals surface area contributed by atoms with Gasteiger partial charge < -0.3 is 10.6 Å². The first-order chi connectivity index (χ1) is 14.3. The molecule has 2 heteroatoms. The van der Waals surface area contributed by atoms with Crippen molar-refractivity contribution in [1.29, 1.82) is 0 Å². The molecular formula is C30H56N2. The zero-order chi connectivity index (χ0) is 24.8. The molecule has 0 atom stereocenters. The first kappa shape index (κ1) is 29.0. The Morgan fingerprint density at radius 1 is 0.656 bits per heavy atom. The molecule has 2 N–H and O–H groups in total. The molecule has 0 unspecified atom stereocenters. The Morgan fingerprint density at radius 3 is 1.53 bits per heavy atom. The van der Waals surface area contributed by atoms with Crippen LogP contribution in [0, 0.1) is 16.7 Å². The zero-order valence-corrected chi connectivity index (χ0v) is 23.7. The van der Waals surface area contributed by atoms with Gasteiger partial charge in [-0.1, -0.05) is 53.7 Å². The first-order valence-corrected chi connectivity index (χ1v) is 13.0. The minimum atomic E-state index is 0.130. The highest BCUT2D eigenvalue weighted by Crippen LogP contribution is 2.34. The van der Waals surface area contributed by atoms with E-state index in [4.69, 9.17) is 0 Å². The number of hydrogen-bond donors (Lipinski definition) is 2. The van der Waals surface area contributed by atoms with Gasteiger partial charge >= 0.3 is 0 Å². The van der Waals surface area contributed by atoms with Crippen LogP contribution in [-0.4, -0.2) is 17.1 Å². The molecule has 0 saturated heterocycles. The zero-order valence-electron chi connectivity index (χ0n) is 23.7. The van der Waals surface area contributed by atoms with E-state index < -0.39 is 0 Å². The Morgan fingerprint density at radius 2 is 1.16 bits per heavy atom. The van der Waals surface area contributed by atoms with E-state index in [1.807, 2.05) is 0 Å². The molecular weight excluding hydrogens is 388 g/mol. The Hall–Kier alpha value is -1.02. The van der Waals surface area contributed by atoms with Crippen LogP contribution in [0.2, 0.25) is 0 Å². The molecule has 2 nitrogen and oxygen atoms in total. The highest BCUT2D eigenvalue weighted by atomic mass is 15.0. The van der Waals surface area contributed by atoms with Gasteiger partial charge in [0.1, 0.15) is 0 Å². The van der Waals surface area contributed by atoms with Crippen LogP contribution in [-0.2, 0) is 6.42 Å². The van der Waals surface area contributed by atoms with Gasteiger partial charge in [-0.15, -0.1) is 0 Å². The Balaban J connectivity index is 0.000000320. The molecule has 1 fully saturated rings. The lowest BCUT2D eigenvalue weighted by Crippen LogP contribution is -2.45. The molecule has 0 aliphatic heterocycles. The average Bonchev–Trinajstić information content (AvgIpc) is 2.54. The molecule has 2 rings (SSSR count). The molecule has 186 valence electrons. The van der Waals surface area contributed by atoms with Crippen molar-refractivity contribution in [2.24, 2.45) is 16.7 Å². The van der Waals surface area contributed by atoms with Crippen LogP contribution in [0.4, 0.5) is 5.69 Å². The molecule has 0 amide bonds. The number of benzene rings is 1. The van der Waals surface area contributed by atoms with Crippen LogP contribution < -0.4 is 10.6 Å². The van der Waals surface area contributed by atoms with Crippen molar-refractivity contribution in [1.82, 2.24) is 5.32 Å². The number of hydrogen-bond acceptors (Lipinski definition) is 2. The van der Waals surface area contributed by atoms with Crippen LogP contribution in [0.1, 0.15) is 121 Å². The van der Waals surface area contributed by atoms with Gasteiger partial charge in [0.2, 0.25) is 0 Å². The minimum Gasteiger partial charge on any atom is -0.380 e. The summed E-state index contributed by atoms with van der Waals surface area (Å²) in [6.07, 6.45) is 8.12. The first-order valence-electron chi connectivity index (χ1n) is 13.0. The second-order valence-corrected chi connectivity index (χ2v) is 14.7. The van der Waals surface area contributed by atoms with Gasteiger partial charge in [0.05, 0.1) is 0 Å². The second-order valence-electron chi connectivity index (χ2n) is 14.7. The Labute approximate surface area is 201 Å². The summed E-state index contributed by atoms with van der Waals surface area (Å²) < 4.78 is 0. The fourth-order valence-electron chi connectivity index (χ4n) is 4.74. The van der Waals surface area contributed by atoms with Crippen molar-refractivity contribution in [2.75, 3.05) is 5.32 Å². The summed E-state index contributed by atoms with van der Waals surface area (Å²) in [5.74, 6) is 0.970. The van der Waals surface area contributed by atoms with Crippen LogP contribution in [0.3, 0.4) is 0 Å². The van der Waals surface area contributed by atoms with E-state index in [1.165, 1.54) is 43.4 Å². The van der Waals surface area contributed by atoms with Gasteiger partial charge in [-0.05, 0) is 115 Å². The molecule has 0 spiro atoms. The van der Waals surface area contributed by atoms with Gasteiger partial charge in [0.15, 0.2) is 0 Å². The number of nitrogens with one attached hydrogen (secondary N) is 2. The summed E-state index contributed by atoms with van der Waals surface area (Å²) >= 11 is 0. The normalized spacial score (nSPS) is 20.4. The van der Waals surface area contributed by atoms with Crippen molar-refractivity contribution in [3.8, 4) is 0 Å². The summed E-state index contributed by atoms with van der Waals surface area (Å²) in [4.78, 5) is 0. The maximum absolute atomic E-state index is 3.74. The average molecular weight is 445 g/mol. The lowest BCUT2D eigenvalue weighted by molar-refractivity contribution is 0.199. The van der Waals surface area contributed by atoms with E-state index in [2.05, 4.69) is 118 Å². The van der Waals surface area contributed by atoms with Gasteiger partial charge in [0.25, 0.3) is 0 Å². The topological polar surface area (TPSA) is 24.1 Å². The molecule has 0 radical (unpaired) electrons. The van der Waals surface area contributed by atoms with Gasteiger partial charge in [0, 0.05) is 22.8 Å². The standard InChI is InChI=1S/C15H31N.C15H25N/c2*1-14(2,3)11-12-7-9-13(10-8-12)16-15(4,5)6/h12-13,16H,7-11H2,1-6H3;7-10,16H,11H2,1-6H3. The van der Waals surface area contributed by atoms with Gasteiger partial charge in [-0.2, -0.15) is 0 Å². The summed E-state index contributed by atoms with van der Waals surface area (Å²) in [6, 6.07) is 9.55. The fourth-order valence-corrected chi connectivity index (χ4v) is 4.74.